The molecule has 0 aromatic carbocycles. The van der Waals surface area contributed by atoms with Crippen LogP contribution in [0.2, 0.25) is 0 Å². The molecule has 7 nitrogen and oxygen atoms in total. The van der Waals surface area contributed by atoms with Gasteiger partial charge in [0, 0.05) is 11.8 Å². The van der Waals surface area contributed by atoms with Gasteiger partial charge in [-0.2, -0.15) is 0 Å². The average Bonchev–Trinajstić information content (AvgIpc) is 3.00. The molecule has 1 unspecified atom stereocenters. The number of nitrogens with one attached hydrogen (secondary N) is 1. The summed E-state index contributed by atoms with van der Waals surface area (Å²) in [4.78, 5) is 22.2. The number of hydrogen-bond donors (Lipinski definition) is 3. The average molecular weight is 243 g/mol. The van der Waals surface area contributed by atoms with Crippen molar-refractivity contribution in [2.45, 2.75) is 30.1 Å². The summed E-state index contributed by atoms with van der Waals surface area (Å²) >= 11 is 1.27. The minimum atomic E-state index is -0.718. The molecule has 1 aliphatic carbocycles. The number of H-pyrrole nitrogens is 1. The zero-order valence-corrected chi connectivity index (χ0v) is 9.37. The Morgan fingerprint density at radius 1 is 1.69 bits per heavy atom. The molecule has 0 spiro atoms. The molecule has 1 aliphatic rings. The Bertz CT molecular complexity index is 450. The lowest BCUT2D eigenvalue weighted by molar-refractivity contribution is -0.118. The number of aromatic amines is 1. The summed E-state index contributed by atoms with van der Waals surface area (Å²) in [6.45, 7) is 0. The number of carbonyl (C=O) groups is 1. The quantitative estimate of drug-likeness (QED) is 0.562. The molecule has 0 bridgehead atoms. The summed E-state index contributed by atoms with van der Waals surface area (Å²) < 4.78 is 1.61. The molecule has 0 aliphatic heterocycles. The Labute approximate surface area is 95.6 Å². The van der Waals surface area contributed by atoms with Gasteiger partial charge in [-0.25, -0.2) is 9.89 Å². The van der Waals surface area contributed by atoms with E-state index in [0.717, 1.165) is 12.8 Å². The SMILES string of the molecule is NC(=O)C(N)CSc1n[nH]c(=O)n1C1CC1. The number of nitrogens with zero attached hydrogens (tertiary/aromatic N) is 2. The summed E-state index contributed by atoms with van der Waals surface area (Å²) in [5, 5.41) is 6.85. The Morgan fingerprint density at radius 3 is 2.94 bits per heavy atom. The fraction of sp³-hybridized carbons (Fsp3) is 0.625. The number of nitrogens with two attached hydrogens (primary N) is 2. The summed E-state index contributed by atoms with van der Waals surface area (Å²) in [6.07, 6.45) is 1.99. The number of thioether (sulfide) groups is 1. The highest BCUT2D eigenvalue weighted by atomic mass is 32.2. The van der Waals surface area contributed by atoms with Crippen molar-refractivity contribution in [3.63, 3.8) is 0 Å². The van der Waals surface area contributed by atoms with Crippen molar-refractivity contribution >= 4 is 17.7 Å². The largest absolute Gasteiger partial charge is 0.368 e. The molecular formula is C8H13N5O2S. The maximum Gasteiger partial charge on any atom is 0.344 e. The van der Waals surface area contributed by atoms with Crippen molar-refractivity contribution in [2.75, 3.05) is 5.75 Å². The fourth-order valence-electron chi connectivity index (χ4n) is 1.29. The van der Waals surface area contributed by atoms with Gasteiger partial charge < -0.3 is 11.5 Å². The Kier molecular flexibility index (Phi) is 3.01. The van der Waals surface area contributed by atoms with Crippen LogP contribution in [0.5, 0.6) is 0 Å². The summed E-state index contributed by atoms with van der Waals surface area (Å²) in [5.41, 5.74) is 10.3. The van der Waals surface area contributed by atoms with Crippen molar-refractivity contribution in [2.24, 2.45) is 11.5 Å². The van der Waals surface area contributed by atoms with Crippen LogP contribution in [0, 0.1) is 0 Å². The predicted octanol–water partition coefficient (Wildman–Crippen LogP) is -1.19. The molecule has 16 heavy (non-hydrogen) atoms. The van der Waals surface area contributed by atoms with Crippen molar-refractivity contribution in [3.05, 3.63) is 10.5 Å². The van der Waals surface area contributed by atoms with E-state index in [1.54, 1.807) is 4.57 Å². The molecule has 1 atom stereocenters. The number of rotatable bonds is 5. The Hall–Kier alpha value is -1.28. The van der Waals surface area contributed by atoms with Gasteiger partial charge in [0.15, 0.2) is 5.16 Å². The first-order chi connectivity index (χ1) is 7.59. The standard InChI is InChI=1S/C8H13N5O2S/c9-5(6(10)14)3-16-8-12-11-7(15)13(8)4-1-2-4/h4-5H,1-3,9H2,(H2,10,14)(H,11,15). The first-order valence-corrected chi connectivity index (χ1v) is 5.92. The summed E-state index contributed by atoms with van der Waals surface area (Å²) in [6, 6.07) is -0.469. The van der Waals surface area contributed by atoms with E-state index in [4.69, 9.17) is 11.5 Å². The van der Waals surface area contributed by atoms with Gasteiger partial charge in [-0.15, -0.1) is 5.10 Å². The highest BCUT2D eigenvalue weighted by Gasteiger charge is 2.28. The van der Waals surface area contributed by atoms with E-state index in [1.165, 1.54) is 11.8 Å². The van der Waals surface area contributed by atoms with Gasteiger partial charge in [-0.1, -0.05) is 11.8 Å². The van der Waals surface area contributed by atoms with Crippen LogP contribution < -0.4 is 17.2 Å². The van der Waals surface area contributed by atoms with Crippen LogP contribution in [0.15, 0.2) is 9.95 Å². The van der Waals surface area contributed by atoms with Gasteiger partial charge in [0.2, 0.25) is 5.91 Å². The van der Waals surface area contributed by atoms with Crippen LogP contribution in [0.3, 0.4) is 0 Å². The zero-order valence-electron chi connectivity index (χ0n) is 8.55. The number of hydrogen-bond acceptors (Lipinski definition) is 5. The Balaban J connectivity index is 2.04. The number of aromatic nitrogens is 3. The van der Waals surface area contributed by atoms with Crippen molar-refractivity contribution in [3.8, 4) is 0 Å². The first kappa shape index (κ1) is 11.2. The van der Waals surface area contributed by atoms with E-state index in [0.29, 0.717) is 10.9 Å². The molecule has 8 heteroatoms. The summed E-state index contributed by atoms with van der Waals surface area (Å²) in [7, 11) is 0. The molecule has 2 rings (SSSR count). The fourth-order valence-corrected chi connectivity index (χ4v) is 2.27. The molecule has 88 valence electrons. The molecule has 1 amide bonds. The molecule has 0 saturated heterocycles. The van der Waals surface area contributed by atoms with Crippen LogP contribution in [-0.2, 0) is 4.79 Å². The van der Waals surface area contributed by atoms with E-state index in [2.05, 4.69) is 10.2 Å². The van der Waals surface area contributed by atoms with Gasteiger partial charge in [-0.05, 0) is 12.8 Å². The van der Waals surface area contributed by atoms with Crippen LogP contribution in [0.4, 0.5) is 0 Å². The highest BCUT2D eigenvalue weighted by Crippen LogP contribution is 2.35. The Morgan fingerprint density at radius 2 is 2.38 bits per heavy atom. The third kappa shape index (κ3) is 2.27. The third-order valence-corrected chi connectivity index (χ3v) is 3.41. The number of amides is 1. The molecule has 5 N–H and O–H groups in total. The third-order valence-electron chi connectivity index (χ3n) is 2.34. The van der Waals surface area contributed by atoms with Gasteiger partial charge in [0.25, 0.3) is 0 Å². The zero-order chi connectivity index (χ0) is 11.7. The predicted molar refractivity (Wildman–Crippen MR) is 59.0 cm³/mol. The molecule has 1 aromatic rings. The topological polar surface area (TPSA) is 120 Å². The van der Waals surface area contributed by atoms with Gasteiger partial charge >= 0.3 is 5.69 Å². The van der Waals surface area contributed by atoms with Crippen LogP contribution in [0.1, 0.15) is 18.9 Å². The van der Waals surface area contributed by atoms with Crippen LogP contribution in [-0.4, -0.2) is 32.5 Å². The minimum absolute atomic E-state index is 0.211. The van der Waals surface area contributed by atoms with Gasteiger partial charge in [0.1, 0.15) is 0 Å². The van der Waals surface area contributed by atoms with Crippen molar-refractivity contribution in [1.29, 1.82) is 0 Å². The van der Waals surface area contributed by atoms with E-state index < -0.39 is 11.9 Å². The molecule has 1 aromatic heterocycles. The molecule has 1 saturated carbocycles. The lowest BCUT2D eigenvalue weighted by Gasteiger charge is -2.06. The maximum absolute atomic E-state index is 11.4. The first-order valence-electron chi connectivity index (χ1n) is 4.94. The normalized spacial score (nSPS) is 17.3. The molecule has 1 heterocycles. The van der Waals surface area contributed by atoms with Crippen molar-refractivity contribution in [1.82, 2.24) is 14.8 Å². The van der Waals surface area contributed by atoms with E-state index in [9.17, 15) is 9.59 Å². The summed E-state index contributed by atoms with van der Waals surface area (Å²) in [5.74, 6) is -0.227. The molecule has 1 fully saturated rings. The minimum Gasteiger partial charge on any atom is -0.368 e. The highest BCUT2D eigenvalue weighted by molar-refractivity contribution is 7.99. The van der Waals surface area contributed by atoms with Crippen molar-refractivity contribution < 1.29 is 4.79 Å². The van der Waals surface area contributed by atoms with E-state index in [-0.39, 0.29) is 11.7 Å². The van der Waals surface area contributed by atoms with E-state index in [1.807, 2.05) is 0 Å². The second kappa shape index (κ2) is 4.30. The smallest absolute Gasteiger partial charge is 0.344 e. The second-order valence-corrected chi connectivity index (χ2v) is 4.72. The number of carbonyl (C=O) groups excluding carboxylic acids is 1. The monoisotopic (exact) mass is 243 g/mol. The molecular weight excluding hydrogens is 230 g/mol. The lowest BCUT2D eigenvalue weighted by atomic mass is 10.3. The van der Waals surface area contributed by atoms with E-state index >= 15 is 0 Å². The lowest BCUT2D eigenvalue weighted by Crippen LogP contribution is -2.38. The van der Waals surface area contributed by atoms with Crippen LogP contribution >= 0.6 is 11.8 Å². The van der Waals surface area contributed by atoms with Gasteiger partial charge in [-0.3, -0.25) is 9.36 Å². The number of primary amides is 1. The molecule has 0 radical (unpaired) electrons. The van der Waals surface area contributed by atoms with Crippen LogP contribution in [0.25, 0.3) is 0 Å². The second-order valence-electron chi connectivity index (χ2n) is 3.73. The van der Waals surface area contributed by atoms with Gasteiger partial charge in [0.05, 0.1) is 6.04 Å². The maximum atomic E-state index is 11.4.